The molecule has 0 unspecified atom stereocenters. The van der Waals surface area contributed by atoms with Crippen molar-refractivity contribution >= 4 is 17.9 Å². The van der Waals surface area contributed by atoms with Crippen LogP contribution in [0.5, 0.6) is 0 Å². The number of piperidine rings is 1. The molecule has 1 saturated heterocycles. The highest BCUT2D eigenvalue weighted by atomic mass is 19.1. The van der Waals surface area contributed by atoms with Crippen LogP contribution in [0.4, 0.5) is 14.5 Å². The van der Waals surface area contributed by atoms with E-state index in [0.29, 0.717) is 25.9 Å². The van der Waals surface area contributed by atoms with Crippen molar-refractivity contribution in [3.8, 4) is 0 Å². The van der Waals surface area contributed by atoms with Gasteiger partial charge in [0.15, 0.2) is 0 Å². The van der Waals surface area contributed by atoms with Gasteiger partial charge in [-0.3, -0.25) is 4.79 Å². The number of nitrogens with one attached hydrogen (secondary N) is 1. The number of carbonyl (C=O) groups is 1. The van der Waals surface area contributed by atoms with Gasteiger partial charge in [0, 0.05) is 6.07 Å². The Morgan fingerprint density at radius 2 is 2.00 bits per heavy atom. The van der Waals surface area contributed by atoms with Crippen LogP contribution in [0.2, 0.25) is 0 Å². The lowest BCUT2D eigenvalue weighted by atomic mass is 9.86. The van der Waals surface area contributed by atoms with E-state index in [-0.39, 0.29) is 11.6 Å². The van der Waals surface area contributed by atoms with Gasteiger partial charge in [-0.1, -0.05) is 0 Å². The Hall–Kier alpha value is -1.82. The largest absolute Gasteiger partial charge is 0.317 e. The number of carbonyl (C=O) groups excluding carboxylic acids is 1. The van der Waals surface area contributed by atoms with Gasteiger partial charge in [-0.2, -0.15) is 0 Å². The fraction of sp³-hybridized carbons (Fsp3) is 0.385. The number of hydrogen-bond acceptors (Lipinski definition) is 3. The highest BCUT2D eigenvalue weighted by Gasteiger charge is 2.48. The van der Waals surface area contributed by atoms with E-state index in [0.717, 1.165) is 6.07 Å². The van der Waals surface area contributed by atoms with Crippen LogP contribution in [0, 0.1) is 11.6 Å². The van der Waals surface area contributed by atoms with Crippen LogP contribution in [-0.4, -0.2) is 30.9 Å². The summed E-state index contributed by atoms with van der Waals surface area (Å²) in [6, 6.07) is 3.35. The van der Waals surface area contributed by atoms with Gasteiger partial charge in [0.1, 0.15) is 23.5 Å². The zero-order chi connectivity index (χ0) is 13.5. The van der Waals surface area contributed by atoms with Crippen LogP contribution in [0.25, 0.3) is 0 Å². The highest BCUT2D eigenvalue weighted by Crippen LogP contribution is 2.36. The third-order valence-corrected chi connectivity index (χ3v) is 3.75. The van der Waals surface area contributed by atoms with Crippen LogP contribution in [0.1, 0.15) is 12.8 Å². The van der Waals surface area contributed by atoms with E-state index in [2.05, 4.69) is 10.3 Å². The van der Waals surface area contributed by atoms with Gasteiger partial charge in [-0.15, -0.1) is 0 Å². The SMILES string of the molecule is O=C1N=CN(c2ccc(F)cc2F)C12CCNCC2. The summed E-state index contributed by atoms with van der Waals surface area (Å²) < 4.78 is 26.9. The van der Waals surface area contributed by atoms with Gasteiger partial charge in [0.05, 0.1) is 5.69 Å². The van der Waals surface area contributed by atoms with Crippen LogP contribution in [0.15, 0.2) is 23.2 Å². The summed E-state index contributed by atoms with van der Waals surface area (Å²) >= 11 is 0. The van der Waals surface area contributed by atoms with E-state index in [1.807, 2.05) is 0 Å². The van der Waals surface area contributed by atoms with E-state index in [9.17, 15) is 13.6 Å². The zero-order valence-electron chi connectivity index (χ0n) is 10.2. The molecule has 1 fully saturated rings. The topological polar surface area (TPSA) is 44.7 Å². The second-order valence-corrected chi connectivity index (χ2v) is 4.80. The molecule has 1 amide bonds. The first kappa shape index (κ1) is 12.2. The number of hydrogen-bond donors (Lipinski definition) is 1. The molecular formula is C13H13F2N3O. The normalized spacial score (nSPS) is 21.4. The molecule has 6 heteroatoms. The number of aliphatic imine (C=N–C) groups is 1. The van der Waals surface area contributed by atoms with Crippen molar-refractivity contribution < 1.29 is 13.6 Å². The summed E-state index contributed by atoms with van der Waals surface area (Å²) in [6.07, 6.45) is 2.47. The molecule has 0 radical (unpaired) electrons. The summed E-state index contributed by atoms with van der Waals surface area (Å²) in [5.41, 5.74) is -0.623. The molecule has 0 bridgehead atoms. The summed E-state index contributed by atoms with van der Waals surface area (Å²) in [5, 5.41) is 3.16. The van der Waals surface area contributed by atoms with Crippen molar-refractivity contribution in [2.75, 3.05) is 18.0 Å². The van der Waals surface area contributed by atoms with E-state index in [4.69, 9.17) is 0 Å². The van der Waals surface area contributed by atoms with Crippen LogP contribution >= 0.6 is 0 Å². The Labute approximate surface area is 109 Å². The molecule has 2 aliphatic rings. The van der Waals surface area contributed by atoms with E-state index in [1.54, 1.807) is 4.90 Å². The third kappa shape index (κ3) is 1.83. The van der Waals surface area contributed by atoms with E-state index in [1.165, 1.54) is 18.5 Å². The number of nitrogens with zero attached hydrogens (tertiary/aromatic N) is 2. The van der Waals surface area contributed by atoms with Crippen molar-refractivity contribution in [3.63, 3.8) is 0 Å². The molecule has 0 aliphatic carbocycles. The Kier molecular flexibility index (Phi) is 2.82. The van der Waals surface area contributed by atoms with Gasteiger partial charge in [0.25, 0.3) is 5.91 Å². The highest BCUT2D eigenvalue weighted by molar-refractivity contribution is 6.08. The van der Waals surface area contributed by atoms with Crippen LogP contribution < -0.4 is 10.2 Å². The predicted octanol–water partition coefficient (Wildman–Crippen LogP) is 1.46. The number of benzene rings is 1. The average Bonchev–Trinajstić information content (AvgIpc) is 2.69. The van der Waals surface area contributed by atoms with E-state index < -0.39 is 17.2 Å². The van der Waals surface area contributed by atoms with Crippen molar-refractivity contribution in [2.24, 2.45) is 4.99 Å². The molecule has 4 nitrogen and oxygen atoms in total. The Morgan fingerprint density at radius 3 is 2.68 bits per heavy atom. The van der Waals surface area contributed by atoms with Gasteiger partial charge >= 0.3 is 0 Å². The first-order valence-electron chi connectivity index (χ1n) is 6.17. The van der Waals surface area contributed by atoms with Crippen molar-refractivity contribution in [2.45, 2.75) is 18.4 Å². The fourth-order valence-corrected chi connectivity index (χ4v) is 2.71. The summed E-state index contributed by atoms with van der Waals surface area (Å²) in [7, 11) is 0. The molecule has 1 aromatic rings. The minimum Gasteiger partial charge on any atom is -0.317 e. The molecule has 1 aromatic carbocycles. The number of amides is 1. The lowest BCUT2D eigenvalue weighted by Crippen LogP contribution is -2.56. The molecule has 2 aliphatic heterocycles. The molecule has 0 saturated carbocycles. The maximum atomic E-state index is 13.9. The number of anilines is 1. The first-order chi connectivity index (χ1) is 9.13. The molecule has 100 valence electrons. The second-order valence-electron chi connectivity index (χ2n) is 4.80. The van der Waals surface area contributed by atoms with Gasteiger partial charge in [-0.25, -0.2) is 13.8 Å². The Bertz CT molecular complexity index is 553. The lowest BCUT2D eigenvalue weighted by molar-refractivity contribution is -0.122. The third-order valence-electron chi connectivity index (χ3n) is 3.75. The Morgan fingerprint density at radius 1 is 1.26 bits per heavy atom. The average molecular weight is 265 g/mol. The molecule has 19 heavy (non-hydrogen) atoms. The van der Waals surface area contributed by atoms with Crippen molar-refractivity contribution in [1.29, 1.82) is 0 Å². The standard InChI is InChI=1S/C13H13F2N3O/c14-9-1-2-11(10(15)7-9)18-8-17-12(19)13(18)3-5-16-6-4-13/h1-2,7-8,16H,3-6H2. The number of rotatable bonds is 1. The molecular weight excluding hydrogens is 252 g/mol. The summed E-state index contributed by atoms with van der Waals surface area (Å²) in [5.74, 6) is -1.57. The summed E-state index contributed by atoms with van der Waals surface area (Å²) in [6.45, 7) is 1.35. The van der Waals surface area contributed by atoms with Gasteiger partial charge in [0.2, 0.25) is 0 Å². The minimum atomic E-state index is -0.816. The van der Waals surface area contributed by atoms with Gasteiger partial charge in [-0.05, 0) is 38.1 Å². The fourth-order valence-electron chi connectivity index (χ4n) is 2.71. The first-order valence-corrected chi connectivity index (χ1v) is 6.17. The molecule has 1 N–H and O–H groups in total. The maximum absolute atomic E-state index is 13.9. The zero-order valence-corrected chi connectivity index (χ0v) is 10.2. The smallest absolute Gasteiger partial charge is 0.273 e. The summed E-state index contributed by atoms with van der Waals surface area (Å²) in [4.78, 5) is 17.4. The Balaban J connectivity index is 2.03. The van der Waals surface area contributed by atoms with Crippen molar-refractivity contribution in [1.82, 2.24) is 5.32 Å². The lowest BCUT2D eigenvalue weighted by Gasteiger charge is -2.39. The number of halogens is 2. The van der Waals surface area contributed by atoms with Crippen LogP contribution in [-0.2, 0) is 4.79 Å². The predicted molar refractivity (Wildman–Crippen MR) is 67.2 cm³/mol. The van der Waals surface area contributed by atoms with Crippen molar-refractivity contribution in [3.05, 3.63) is 29.8 Å². The molecule has 0 aromatic heterocycles. The molecule has 0 atom stereocenters. The van der Waals surface area contributed by atoms with E-state index >= 15 is 0 Å². The van der Waals surface area contributed by atoms with Crippen LogP contribution in [0.3, 0.4) is 0 Å². The quantitative estimate of drug-likeness (QED) is 0.836. The molecule has 2 heterocycles. The maximum Gasteiger partial charge on any atom is 0.273 e. The molecule has 3 rings (SSSR count). The molecule has 1 spiro atoms. The monoisotopic (exact) mass is 265 g/mol. The minimum absolute atomic E-state index is 0.193. The second kappa shape index (κ2) is 4.38. The van der Waals surface area contributed by atoms with Gasteiger partial charge < -0.3 is 10.2 Å².